The second-order valence-corrected chi connectivity index (χ2v) is 20.8. The first-order valence-corrected chi connectivity index (χ1v) is 30.2. The van der Waals surface area contributed by atoms with Crippen molar-refractivity contribution in [2.45, 2.75) is 355 Å². The predicted molar refractivity (Wildman–Crippen MR) is 287 cm³/mol. The van der Waals surface area contributed by atoms with E-state index in [1.54, 1.807) is 0 Å². The zero-order chi connectivity index (χ0) is 45.8. The minimum absolute atomic E-state index is 0.0695. The summed E-state index contributed by atoms with van der Waals surface area (Å²) in [5.74, 6) is 0.474. The van der Waals surface area contributed by atoms with Crippen molar-refractivity contribution in [3.8, 4) is 0 Å². The molecule has 1 amide bonds. The quantitative estimate of drug-likeness (QED) is 0.0568. The summed E-state index contributed by atoms with van der Waals surface area (Å²) >= 11 is 0. The summed E-state index contributed by atoms with van der Waals surface area (Å²) in [4.78, 5) is 19.8. The number of hydrogen-bond acceptors (Lipinski definition) is 2. The Morgan fingerprint density at radius 2 is 0.429 bits per heavy atom. The normalized spacial score (nSPS) is 12.2. The van der Waals surface area contributed by atoms with Gasteiger partial charge in [0.2, 0.25) is 5.91 Å². The van der Waals surface area contributed by atoms with Crippen molar-refractivity contribution in [3.05, 3.63) is 0 Å². The molecular weight excluding hydrogens is 765 g/mol. The molecule has 0 aliphatic heterocycles. The van der Waals surface area contributed by atoms with Crippen LogP contribution in [0.2, 0.25) is 0 Å². The van der Waals surface area contributed by atoms with Crippen molar-refractivity contribution in [1.29, 1.82) is 0 Å². The Bertz CT molecular complexity index is 788. The second kappa shape index (κ2) is 54.0. The molecule has 0 fully saturated rings. The van der Waals surface area contributed by atoms with E-state index in [1.807, 2.05) is 0 Å². The van der Waals surface area contributed by atoms with E-state index in [0.29, 0.717) is 5.91 Å². The van der Waals surface area contributed by atoms with E-state index in [1.165, 1.54) is 308 Å². The zero-order valence-corrected chi connectivity index (χ0v) is 44.9. The molecule has 0 saturated heterocycles. The largest absolute Gasteiger partial charge is 0.341 e. The van der Waals surface area contributed by atoms with Gasteiger partial charge in [-0.2, -0.15) is 0 Å². The maximum Gasteiger partial charge on any atom is 0.239 e. The predicted octanol–water partition coefficient (Wildman–Crippen LogP) is 20.7. The first kappa shape index (κ1) is 62.4. The fourth-order valence-electron chi connectivity index (χ4n) is 10.2. The average molecular weight is 888 g/mol. The summed E-state index contributed by atoms with van der Waals surface area (Å²) in [5.41, 5.74) is 0. The SMILES string of the molecule is CCCCCCCCCCCCCCN(CCCCCCCCCCCCCC)C(=O)C(CC)N(CCCCCCCCCCCCCC)CCCCCCCCCCCCCC. The maximum atomic E-state index is 14.7. The molecule has 3 nitrogen and oxygen atoms in total. The number of rotatable bonds is 55. The van der Waals surface area contributed by atoms with Crippen LogP contribution < -0.4 is 0 Å². The summed E-state index contributed by atoms with van der Waals surface area (Å²) in [6.45, 7) is 15.8. The molecule has 0 heterocycles. The van der Waals surface area contributed by atoms with Gasteiger partial charge in [0.15, 0.2) is 0 Å². The van der Waals surface area contributed by atoms with Crippen LogP contribution in [0.15, 0.2) is 0 Å². The van der Waals surface area contributed by atoms with E-state index in [4.69, 9.17) is 0 Å². The fraction of sp³-hybridized carbons (Fsp3) is 0.983. The van der Waals surface area contributed by atoms with E-state index in [-0.39, 0.29) is 6.04 Å². The van der Waals surface area contributed by atoms with E-state index in [0.717, 1.165) is 32.6 Å². The Hall–Kier alpha value is -0.570. The fourth-order valence-corrected chi connectivity index (χ4v) is 10.2. The summed E-state index contributed by atoms with van der Waals surface area (Å²) < 4.78 is 0. The van der Waals surface area contributed by atoms with Crippen LogP contribution >= 0.6 is 0 Å². The summed E-state index contributed by atoms with van der Waals surface area (Å²) in [7, 11) is 0. The number of amides is 1. The zero-order valence-electron chi connectivity index (χ0n) is 44.9. The Kier molecular flexibility index (Phi) is 53.6. The van der Waals surface area contributed by atoms with Crippen molar-refractivity contribution in [2.24, 2.45) is 0 Å². The smallest absolute Gasteiger partial charge is 0.239 e. The summed E-state index contributed by atoms with van der Waals surface area (Å²) in [6, 6.07) is 0.0695. The van der Waals surface area contributed by atoms with Crippen molar-refractivity contribution in [1.82, 2.24) is 9.80 Å². The Morgan fingerprint density at radius 1 is 0.254 bits per heavy atom. The maximum absolute atomic E-state index is 14.7. The van der Waals surface area contributed by atoms with Crippen LogP contribution in [0.4, 0.5) is 0 Å². The molecule has 0 spiro atoms. The van der Waals surface area contributed by atoms with E-state index in [2.05, 4.69) is 44.4 Å². The number of carbonyl (C=O) groups is 1. The van der Waals surface area contributed by atoms with Crippen LogP contribution in [-0.4, -0.2) is 47.9 Å². The van der Waals surface area contributed by atoms with E-state index >= 15 is 0 Å². The van der Waals surface area contributed by atoms with Crippen molar-refractivity contribution in [3.63, 3.8) is 0 Å². The second-order valence-electron chi connectivity index (χ2n) is 20.8. The number of unbranched alkanes of at least 4 members (excludes halogenated alkanes) is 44. The number of nitrogens with zero attached hydrogens (tertiary/aromatic N) is 2. The van der Waals surface area contributed by atoms with Crippen LogP contribution in [-0.2, 0) is 4.79 Å². The third kappa shape index (κ3) is 45.0. The topological polar surface area (TPSA) is 23.6 Å². The highest BCUT2D eigenvalue weighted by atomic mass is 16.2. The minimum atomic E-state index is 0.0695. The molecule has 0 bridgehead atoms. The average Bonchev–Trinajstić information content (AvgIpc) is 3.29. The van der Waals surface area contributed by atoms with Gasteiger partial charge in [-0.15, -0.1) is 0 Å². The Balaban J connectivity index is 5.17. The molecule has 378 valence electrons. The highest BCUT2D eigenvalue weighted by molar-refractivity contribution is 5.81. The molecule has 0 aromatic heterocycles. The summed E-state index contributed by atoms with van der Waals surface area (Å²) in [6.07, 6.45) is 67.4. The van der Waals surface area contributed by atoms with Gasteiger partial charge >= 0.3 is 0 Å². The van der Waals surface area contributed by atoms with Crippen molar-refractivity contribution < 1.29 is 4.79 Å². The Labute approximate surface area is 400 Å². The van der Waals surface area contributed by atoms with Crippen molar-refractivity contribution in [2.75, 3.05) is 26.2 Å². The third-order valence-electron chi connectivity index (χ3n) is 14.6. The molecule has 63 heavy (non-hydrogen) atoms. The number of carbonyl (C=O) groups excluding carboxylic acids is 1. The van der Waals surface area contributed by atoms with Crippen LogP contribution in [0.5, 0.6) is 0 Å². The molecule has 0 aliphatic rings. The summed E-state index contributed by atoms with van der Waals surface area (Å²) in [5, 5.41) is 0. The molecule has 0 aromatic carbocycles. The van der Waals surface area contributed by atoms with Gasteiger partial charge in [0.1, 0.15) is 0 Å². The monoisotopic (exact) mass is 887 g/mol. The van der Waals surface area contributed by atoms with Gasteiger partial charge in [-0.05, 0) is 45.2 Å². The lowest BCUT2D eigenvalue weighted by molar-refractivity contribution is -0.137. The van der Waals surface area contributed by atoms with E-state index in [9.17, 15) is 4.79 Å². The van der Waals surface area contributed by atoms with Gasteiger partial charge in [0.25, 0.3) is 0 Å². The lowest BCUT2D eigenvalue weighted by Crippen LogP contribution is -2.49. The molecule has 0 aliphatic carbocycles. The molecule has 3 heteroatoms. The van der Waals surface area contributed by atoms with Crippen LogP contribution in [0.3, 0.4) is 0 Å². The highest BCUT2D eigenvalue weighted by Crippen LogP contribution is 2.20. The van der Waals surface area contributed by atoms with Gasteiger partial charge in [0, 0.05) is 13.1 Å². The Morgan fingerprint density at radius 3 is 0.619 bits per heavy atom. The van der Waals surface area contributed by atoms with Crippen molar-refractivity contribution >= 4 is 5.91 Å². The first-order chi connectivity index (χ1) is 31.2. The standard InChI is InChI=1S/C60H122N2O/c1-6-11-15-19-23-27-31-35-39-43-47-51-55-61(56-52-48-44-40-36-32-28-24-20-16-12-7-2)59(10-5)60(63)62(57-53-49-45-41-37-33-29-25-21-17-13-8-3)58-54-50-46-42-38-34-30-26-22-18-14-9-4/h59H,6-58H2,1-5H3. The van der Waals surface area contributed by atoms with Crippen LogP contribution in [0.1, 0.15) is 349 Å². The van der Waals surface area contributed by atoms with Gasteiger partial charge in [-0.25, -0.2) is 0 Å². The molecule has 0 N–H and O–H groups in total. The van der Waals surface area contributed by atoms with E-state index < -0.39 is 0 Å². The van der Waals surface area contributed by atoms with Gasteiger partial charge in [-0.1, -0.05) is 317 Å². The minimum Gasteiger partial charge on any atom is -0.341 e. The molecule has 1 unspecified atom stereocenters. The molecular formula is C60H122N2O. The lowest BCUT2D eigenvalue weighted by Gasteiger charge is -2.35. The van der Waals surface area contributed by atoms with Gasteiger partial charge in [0.05, 0.1) is 6.04 Å². The number of hydrogen-bond donors (Lipinski definition) is 0. The first-order valence-electron chi connectivity index (χ1n) is 30.2. The molecule has 0 rings (SSSR count). The molecule has 1 atom stereocenters. The lowest BCUT2D eigenvalue weighted by atomic mass is 10.0. The van der Waals surface area contributed by atoms with Gasteiger partial charge in [-0.3, -0.25) is 9.69 Å². The molecule has 0 radical (unpaired) electrons. The highest BCUT2D eigenvalue weighted by Gasteiger charge is 2.28. The van der Waals surface area contributed by atoms with Crippen LogP contribution in [0.25, 0.3) is 0 Å². The molecule has 0 aromatic rings. The molecule has 0 saturated carbocycles. The van der Waals surface area contributed by atoms with Crippen LogP contribution in [0, 0.1) is 0 Å². The third-order valence-corrected chi connectivity index (χ3v) is 14.6. The van der Waals surface area contributed by atoms with Gasteiger partial charge < -0.3 is 4.90 Å².